The third-order valence-electron chi connectivity index (χ3n) is 22.3. The predicted octanol–water partition coefficient (Wildman–Crippen LogP) is 22.0. The molecule has 0 saturated carbocycles. The van der Waals surface area contributed by atoms with Crippen molar-refractivity contribution >= 4 is 63.3 Å². The quantitative estimate of drug-likeness (QED) is 0.133. The van der Waals surface area contributed by atoms with Gasteiger partial charge in [0.1, 0.15) is 0 Å². The lowest BCUT2D eigenvalue weighted by atomic mass is 9.42. The first-order chi connectivity index (χ1) is 43.8. The predicted molar refractivity (Wildman–Crippen MR) is 387 cm³/mol. The number of anilines is 8. The Morgan fingerprint density at radius 1 is 0.385 bits per heavy atom. The van der Waals surface area contributed by atoms with Crippen molar-refractivity contribution in [3.05, 3.63) is 298 Å². The van der Waals surface area contributed by atoms with E-state index in [0.717, 1.165) is 42.7 Å². The lowest BCUT2D eigenvalue weighted by Gasteiger charge is -2.53. The summed E-state index contributed by atoms with van der Waals surface area (Å²) in [7, 11) is 0. The third kappa shape index (κ3) is 8.75. The van der Waals surface area contributed by atoms with Crippen molar-refractivity contribution in [1.82, 2.24) is 0 Å². The zero-order chi connectivity index (χ0) is 62.5. The molecule has 0 fully saturated rings. The second-order valence-corrected chi connectivity index (χ2v) is 30.0. The normalized spacial score (nSPS) is 17.0. The maximum Gasteiger partial charge on any atom is 0.333 e. The van der Waals surface area contributed by atoms with E-state index in [1.807, 2.05) is 0 Å². The molecule has 5 aliphatic rings. The molecule has 448 valence electrons. The number of aryl methyl sites for hydroxylation is 1. The fourth-order valence-electron chi connectivity index (χ4n) is 17.0. The van der Waals surface area contributed by atoms with Crippen molar-refractivity contribution < 1.29 is 0 Å². The minimum atomic E-state index is -0.657. The molecule has 3 nitrogen and oxygen atoms in total. The Bertz CT molecular complexity index is 4670. The Kier molecular flexibility index (Phi) is 13.0. The second kappa shape index (κ2) is 20.7. The molecule has 0 amide bonds. The number of hydrogen-bond acceptors (Lipinski definition) is 3. The minimum Gasteiger partial charge on any atom is -0.376 e. The zero-order valence-electron chi connectivity index (χ0n) is 54.9. The van der Waals surface area contributed by atoms with Crippen LogP contribution in [0.1, 0.15) is 156 Å². The van der Waals surface area contributed by atoms with E-state index < -0.39 is 5.41 Å². The number of rotatable bonds is 9. The first-order valence-corrected chi connectivity index (χ1v) is 33.5. The van der Waals surface area contributed by atoms with E-state index in [-0.39, 0.29) is 34.4 Å². The second-order valence-electron chi connectivity index (χ2n) is 30.0. The van der Waals surface area contributed by atoms with E-state index in [0.29, 0.717) is 0 Å². The molecule has 4 heteroatoms. The van der Waals surface area contributed by atoms with Crippen molar-refractivity contribution in [2.45, 2.75) is 135 Å². The summed E-state index contributed by atoms with van der Waals surface area (Å²) in [5, 5.41) is 0. The number of nitrogens with zero attached hydrogens (tertiary/aromatic N) is 3. The third-order valence-corrected chi connectivity index (χ3v) is 22.3. The maximum absolute atomic E-state index is 2.78. The summed E-state index contributed by atoms with van der Waals surface area (Å²) in [6.07, 6.45) is 4.56. The van der Waals surface area contributed by atoms with Gasteiger partial charge in [-0.1, -0.05) is 245 Å². The molecule has 0 atom stereocenters. The van der Waals surface area contributed by atoms with Gasteiger partial charge in [-0.3, -0.25) is 0 Å². The SMILES string of the molecule is Cc1ccccc1-c1ccc(N(c2cccc(-c3ccccc3)c2)c2ccc3c(c2)-c2cc(C(C)C)cc4c2B(c2cccc5c2N4c2cc4c(cc2C5(c2ccccc2)c2ccccc2)C(C)(C)CCC4(C)C)N3c2ccc3c(c2)C(C)(C)CCC3(C)C)cc1. The van der Waals surface area contributed by atoms with Gasteiger partial charge in [-0.15, -0.1) is 0 Å². The van der Waals surface area contributed by atoms with Crippen molar-refractivity contribution in [2.24, 2.45) is 0 Å². The lowest BCUT2D eigenvalue weighted by molar-refractivity contribution is 0.331. The highest BCUT2D eigenvalue weighted by Gasteiger charge is 2.55. The molecule has 0 radical (unpaired) electrons. The first-order valence-electron chi connectivity index (χ1n) is 33.5. The van der Waals surface area contributed by atoms with Gasteiger partial charge in [0.25, 0.3) is 0 Å². The maximum atomic E-state index is 2.78. The van der Waals surface area contributed by atoms with Crippen LogP contribution in [0.15, 0.2) is 243 Å². The standard InChI is InChI=1S/C87H82BN3/c1-56(2)61-50-70-69-52-66(89(65-33-23-28-60(49-65)58-26-15-12-16-27-58)64-39-37-59(38-40-64)68-34-22-21-25-57(68)3)42-44-78(69)91(67-41-43-71-73(53-67)84(6,7)46-45-83(71,4)5)88-77-36-24-35-72-82(77)90(80(51-61)81(70)88)79-55-75-74(85(8,9)47-48-86(75,10)11)54-76(79)87(72,62-29-17-13-18-30-62)63-31-19-14-20-32-63/h12-44,49-56H,45-48H2,1-11H3. The molecule has 11 aromatic rings. The van der Waals surface area contributed by atoms with Gasteiger partial charge < -0.3 is 14.6 Å². The average Bonchev–Trinajstić information content (AvgIpc) is 0.667. The van der Waals surface area contributed by atoms with E-state index in [4.69, 9.17) is 0 Å². The largest absolute Gasteiger partial charge is 0.376 e. The highest BCUT2D eigenvalue weighted by Crippen LogP contribution is 2.62. The van der Waals surface area contributed by atoms with Crippen molar-refractivity contribution in [3.8, 4) is 33.4 Å². The van der Waals surface area contributed by atoms with E-state index in [2.05, 4.69) is 333 Å². The summed E-state index contributed by atoms with van der Waals surface area (Å²) in [5.74, 6) is 0.247. The fourth-order valence-corrected chi connectivity index (χ4v) is 17.0. The molecule has 2 aliphatic carbocycles. The minimum absolute atomic E-state index is 0.00640. The van der Waals surface area contributed by atoms with Crippen molar-refractivity contribution in [3.63, 3.8) is 0 Å². The van der Waals surface area contributed by atoms with E-state index in [1.54, 1.807) is 0 Å². The Morgan fingerprint density at radius 3 is 1.62 bits per heavy atom. The summed E-state index contributed by atoms with van der Waals surface area (Å²) in [6, 6.07) is 94.0. The van der Waals surface area contributed by atoms with Gasteiger partial charge in [0.2, 0.25) is 0 Å². The van der Waals surface area contributed by atoms with E-state index in [1.165, 1.54) is 128 Å². The molecule has 3 heterocycles. The van der Waals surface area contributed by atoms with Crippen LogP contribution in [0.5, 0.6) is 0 Å². The molecule has 0 N–H and O–H groups in total. The number of benzene rings is 11. The van der Waals surface area contributed by atoms with Crippen molar-refractivity contribution in [2.75, 3.05) is 14.6 Å². The molecule has 0 unspecified atom stereocenters. The lowest BCUT2D eigenvalue weighted by Crippen LogP contribution is -2.63. The van der Waals surface area contributed by atoms with Crippen LogP contribution < -0.4 is 25.5 Å². The molecule has 0 spiro atoms. The summed E-state index contributed by atoms with van der Waals surface area (Å²) in [5.41, 5.74) is 32.7. The summed E-state index contributed by atoms with van der Waals surface area (Å²) >= 11 is 0. The van der Waals surface area contributed by atoms with E-state index >= 15 is 0 Å². The van der Waals surface area contributed by atoms with Gasteiger partial charge in [-0.2, -0.15) is 0 Å². The Hall–Kier alpha value is -9.12. The van der Waals surface area contributed by atoms with Crippen LogP contribution in [0.2, 0.25) is 0 Å². The van der Waals surface area contributed by atoms with Crippen LogP contribution in [0.25, 0.3) is 33.4 Å². The monoisotopic (exact) mass is 1180 g/mol. The highest BCUT2D eigenvalue weighted by molar-refractivity contribution is 6.93. The molecule has 91 heavy (non-hydrogen) atoms. The summed E-state index contributed by atoms with van der Waals surface area (Å²) < 4.78 is 0. The zero-order valence-corrected chi connectivity index (χ0v) is 54.9. The number of fused-ring (bicyclic) bond motifs is 8. The van der Waals surface area contributed by atoms with Crippen LogP contribution in [-0.2, 0) is 27.1 Å². The summed E-state index contributed by atoms with van der Waals surface area (Å²) in [6.45, 7) is 26.7. The molecular formula is C87H82BN3. The van der Waals surface area contributed by atoms with Gasteiger partial charge in [0.05, 0.1) is 11.1 Å². The van der Waals surface area contributed by atoms with Crippen LogP contribution in [-0.4, -0.2) is 6.85 Å². The van der Waals surface area contributed by atoms with Crippen LogP contribution >= 0.6 is 0 Å². The van der Waals surface area contributed by atoms with Crippen molar-refractivity contribution in [1.29, 1.82) is 0 Å². The fraction of sp³-hybridized carbons (Fsp3) is 0.241. The first kappa shape index (κ1) is 57.1. The van der Waals surface area contributed by atoms with Crippen LogP contribution in [0.4, 0.5) is 45.5 Å². The molecule has 0 saturated heterocycles. The molecular weight excluding hydrogens is 1100 g/mol. The topological polar surface area (TPSA) is 9.72 Å². The molecule has 16 rings (SSSR count). The Labute approximate surface area is 541 Å². The van der Waals surface area contributed by atoms with Gasteiger partial charge in [0, 0.05) is 45.4 Å². The highest BCUT2D eigenvalue weighted by atomic mass is 15.2. The smallest absolute Gasteiger partial charge is 0.333 e. The van der Waals surface area contributed by atoms with Gasteiger partial charge in [0.15, 0.2) is 0 Å². The van der Waals surface area contributed by atoms with Gasteiger partial charge in [-0.05, 0) is 221 Å². The van der Waals surface area contributed by atoms with Gasteiger partial charge in [-0.25, -0.2) is 0 Å². The molecule has 11 aromatic carbocycles. The van der Waals surface area contributed by atoms with Gasteiger partial charge >= 0.3 is 6.85 Å². The Morgan fingerprint density at radius 2 is 0.956 bits per heavy atom. The van der Waals surface area contributed by atoms with Crippen LogP contribution in [0.3, 0.4) is 0 Å². The van der Waals surface area contributed by atoms with Crippen LogP contribution in [0, 0.1) is 6.92 Å². The molecule has 3 aliphatic heterocycles. The molecule has 0 aromatic heterocycles. The number of hydrogen-bond donors (Lipinski definition) is 0. The average molecular weight is 1180 g/mol. The summed E-state index contributed by atoms with van der Waals surface area (Å²) in [4.78, 5) is 8.06. The van der Waals surface area contributed by atoms with E-state index in [9.17, 15) is 0 Å². The number of para-hydroxylation sites is 1. The molecule has 0 bridgehead atoms. The Balaban J connectivity index is 1.01.